The van der Waals surface area contributed by atoms with E-state index in [1.54, 1.807) is 18.5 Å². The summed E-state index contributed by atoms with van der Waals surface area (Å²) in [5.74, 6) is -0.895. The molecule has 2 aromatic rings. The van der Waals surface area contributed by atoms with Crippen molar-refractivity contribution in [2.24, 2.45) is 0 Å². The van der Waals surface area contributed by atoms with E-state index in [2.05, 4.69) is 9.97 Å². The van der Waals surface area contributed by atoms with Gasteiger partial charge in [0.25, 0.3) is 0 Å². The zero-order chi connectivity index (χ0) is 11.5. The summed E-state index contributed by atoms with van der Waals surface area (Å²) in [5, 5.41) is 9.02. The minimum Gasteiger partial charge on any atom is -0.478 e. The summed E-state index contributed by atoms with van der Waals surface area (Å²) in [6.45, 7) is 1.93. The van der Waals surface area contributed by atoms with Crippen molar-refractivity contribution in [3.05, 3.63) is 41.9 Å². The van der Waals surface area contributed by atoms with Crippen LogP contribution in [0, 0.1) is 0 Å². The number of aryl methyl sites for hydroxylation is 1. The van der Waals surface area contributed by atoms with Crippen molar-refractivity contribution >= 4 is 5.97 Å². The Labute approximate surface area is 93.0 Å². The predicted octanol–water partition coefficient (Wildman–Crippen LogP) is 2.34. The monoisotopic (exact) mass is 216 g/mol. The van der Waals surface area contributed by atoms with Gasteiger partial charge < -0.3 is 10.1 Å². The van der Waals surface area contributed by atoms with Crippen molar-refractivity contribution in [1.29, 1.82) is 0 Å². The fraction of sp³-hybridized carbons (Fsp3) is 0.167. The highest BCUT2D eigenvalue weighted by atomic mass is 16.4. The third-order valence-corrected chi connectivity index (χ3v) is 2.47. The van der Waals surface area contributed by atoms with Crippen molar-refractivity contribution in [2.45, 2.75) is 13.3 Å². The minimum absolute atomic E-state index is 0.342. The van der Waals surface area contributed by atoms with Crippen molar-refractivity contribution < 1.29 is 9.90 Å². The molecule has 0 aliphatic heterocycles. The number of pyridine rings is 1. The van der Waals surface area contributed by atoms with E-state index in [4.69, 9.17) is 5.11 Å². The van der Waals surface area contributed by atoms with Gasteiger partial charge in [0.15, 0.2) is 0 Å². The van der Waals surface area contributed by atoms with Gasteiger partial charge in [-0.2, -0.15) is 0 Å². The molecule has 0 aromatic carbocycles. The first-order valence-corrected chi connectivity index (χ1v) is 5.08. The molecule has 0 spiro atoms. The third-order valence-electron chi connectivity index (χ3n) is 2.47. The van der Waals surface area contributed by atoms with Crippen molar-refractivity contribution in [1.82, 2.24) is 9.97 Å². The van der Waals surface area contributed by atoms with Crippen LogP contribution in [0.2, 0.25) is 0 Å². The van der Waals surface area contributed by atoms with Crippen LogP contribution in [0.1, 0.15) is 23.0 Å². The molecule has 2 heterocycles. The van der Waals surface area contributed by atoms with E-state index >= 15 is 0 Å². The minimum atomic E-state index is -0.895. The van der Waals surface area contributed by atoms with Crippen LogP contribution in [0.4, 0.5) is 0 Å². The number of hydrogen-bond donors (Lipinski definition) is 2. The number of nitrogens with zero attached hydrogens (tertiary/aromatic N) is 1. The quantitative estimate of drug-likeness (QED) is 0.827. The number of carboxylic acid groups (broad SMARTS) is 1. The highest BCUT2D eigenvalue weighted by molar-refractivity contribution is 5.91. The van der Waals surface area contributed by atoms with Crippen LogP contribution < -0.4 is 0 Å². The average Bonchev–Trinajstić information content (AvgIpc) is 2.74. The second-order valence-electron chi connectivity index (χ2n) is 3.47. The summed E-state index contributed by atoms with van der Waals surface area (Å²) < 4.78 is 0. The molecule has 2 N–H and O–H groups in total. The van der Waals surface area contributed by atoms with Crippen LogP contribution in [0.15, 0.2) is 30.6 Å². The zero-order valence-corrected chi connectivity index (χ0v) is 8.90. The molecule has 0 saturated heterocycles. The van der Waals surface area contributed by atoms with Crippen LogP contribution in [0.25, 0.3) is 11.3 Å². The van der Waals surface area contributed by atoms with Gasteiger partial charge in [-0.1, -0.05) is 6.92 Å². The van der Waals surface area contributed by atoms with Crippen LogP contribution in [0.3, 0.4) is 0 Å². The van der Waals surface area contributed by atoms with Crippen molar-refractivity contribution in [3.8, 4) is 11.3 Å². The average molecular weight is 216 g/mol. The molecule has 2 rings (SSSR count). The smallest absolute Gasteiger partial charge is 0.337 e. The Balaban J connectivity index is 2.48. The van der Waals surface area contributed by atoms with Gasteiger partial charge in [-0.15, -0.1) is 0 Å². The molecule has 2 aromatic heterocycles. The van der Waals surface area contributed by atoms with Gasteiger partial charge in [-0.3, -0.25) is 4.98 Å². The molecule has 0 bridgehead atoms. The van der Waals surface area contributed by atoms with E-state index < -0.39 is 5.97 Å². The first-order chi connectivity index (χ1) is 7.72. The lowest BCUT2D eigenvalue weighted by Gasteiger charge is -1.95. The summed E-state index contributed by atoms with van der Waals surface area (Å²) in [5.41, 5.74) is 2.85. The lowest BCUT2D eigenvalue weighted by atomic mass is 10.1. The molecule has 0 saturated carbocycles. The zero-order valence-electron chi connectivity index (χ0n) is 8.90. The Morgan fingerprint density at radius 1 is 1.44 bits per heavy atom. The molecule has 4 heteroatoms. The second kappa shape index (κ2) is 4.18. The molecule has 82 valence electrons. The third kappa shape index (κ3) is 1.82. The van der Waals surface area contributed by atoms with Crippen molar-refractivity contribution in [2.75, 3.05) is 0 Å². The Bertz CT molecular complexity index is 503. The fourth-order valence-electron chi connectivity index (χ4n) is 1.65. The molecule has 0 atom stereocenters. The predicted molar refractivity (Wildman–Crippen MR) is 60.4 cm³/mol. The van der Waals surface area contributed by atoms with E-state index in [1.807, 2.05) is 19.1 Å². The first-order valence-electron chi connectivity index (χ1n) is 5.08. The van der Waals surface area contributed by atoms with Gasteiger partial charge in [0.05, 0.1) is 5.56 Å². The standard InChI is InChI=1S/C12H12N2O2/c1-2-10-9(12(15)16)7-11(14-10)8-3-5-13-6-4-8/h3-7,14H,2H2,1H3,(H,15,16). The molecule has 0 radical (unpaired) electrons. The molecule has 0 fully saturated rings. The van der Waals surface area contributed by atoms with E-state index in [0.29, 0.717) is 12.0 Å². The molecule has 4 nitrogen and oxygen atoms in total. The van der Waals surface area contributed by atoms with Crippen molar-refractivity contribution in [3.63, 3.8) is 0 Å². The number of nitrogens with one attached hydrogen (secondary N) is 1. The van der Waals surface area contributed by atoms with Gasteiger partial charge in [-0.25, -0.2) is 4.79 Å². The molecular weight excluding hydrogens is 204 g/mol. The lowest BCUT2D eigenvalue weighted by molar-refractivity contribution is 0.0696. The molecule has 0 amide bonds. The van der Waals surface area contributed by atoms with Gasteiger partial charge >= 0.3 is 5.97 Å². The van der Waals surface area contributed by atoms with E-state index in [0.717, 1.165) is 17.0 Å². The summed E-state index contributed by atoms with van der Waals surface area (Å²) in [6, 6.07) is 5.35. The van der Waals surface area contributed by atoms with Crippen LogP contribution in [0.5, 0.6) is 0 Å². The molecule has 0 aliphatic rings. The molecule has 16 heavy (non-hydrogen) atoms. The number of aromatic amines is 1. The molecule has 0 aliphatic carbocycles. The summed E-state index contributed by atoms with van der Waals surface area (Å²) >= 11 is 0. The maximum absolute atomic E-state index is 11.0. The van der Waals surface area contributed by atoms with Crippen LogP contribution in [-0.4, -0.2) is 21.0 Å². The number of carboxylic acids is 1. The van der Waals surface area contributed by atoms with Gasteiger partial charge in [0, 0.05) is 29.3 Å². The summed E-state index contributed by atoms with van der Waals surface area (Å²) in [7, 11) is 0. The number of hydrogen-bond acceptors (Lipinski definition) is 2. The summed E-state index contributed by atoms with van der Waals surface area (Å²) in [4.78, 5) is 18.0. The van der Waals surface area contributed by atoms with Gasteiger partial charge in [0.1, 0.15) is 0 Å². The maximum atomic E-state index is 11.0. The van der Waals surface area contributed by atoms with E-state index in [9.17, 15) is 4.79 Å². The summed E-state index contributed by atoms with van der Waals surface area (Å²) in [6.07, 6.45) is 4.04. The van der Waals surface area contributed by atoms with Gasteiger partial charge in [0.2, 0.25) is 0 Å². The largest absolute Gasteiger partial charge is 0.478 e. The first kappa shape index (κ1) is 10.4. The Morgan fingerprint density at radius 2 is 2.12 bits per heavy atom. The number of rotatable bonds is 3. The number of carbonyl (C=O) groups is 1. The topological polar surface area (TPSA) is 66.0 Å². The highest BCUT2D eigenvalue weighted by Gasteiger charge is 2.13. The Hall–Kier alpha value is -2.10. The maximum Gasteiger partial charge on any atom is 0.337 e. The number of H-pyrrole nitrogens is 1. The molecule has 0 unspecified atom stereocenters. The SMILES string of the molecule is CCc1[nH]c(-c2ccncc2)cc1C(=O)O. The number of aromatic carboxylic acids is 1. The second-order valence-corrected chi connectivity index (χ2v) is 3.47. The fourth-order valence-corrected chi connectivity index (χ4v) is 1.65. The van der Waals surface area contributed by atoms with Gasteiger partial charge in [-0.05, 0) is 24.6 Å². The Kier molecular flexibility index (Phi) is 2.72. The normalized spacial score (nSPS) is 10.3. The highest BCUT2D eigenvalue weighted by Crippen LogP contribution is 2.21. The lowest BCUT2D eigenvalue weighted by Crippen LogP contribution is -1.98. The Morgan fingerprint density at radius 3 is 2.62 bits per heavy atom. The molecular formula is C12H12N2O2. The van der Waals surface area contributed by atoms with E-state index in [1.165, 1.54) is 0 Å². The van der Waals surface area contributed by atoms with E-state index in [-0.39, 0.29) is 0 Å². The number of aromatic nitrogens is 2. The van der Waals surface area contributed by atoms with Crippen LogP contribution >= 0.6 is 0 Å². The van der Waals surface area contributed by atoms with Crippen LogP contribution in [-0.2, 0) is 6.42 Å².